The molecule has 0 radical (unpaired) electrons. The molecule has 0 fully saturated rings. The lowest BCUT2D eigenvalue weighted by Crippen LogP contribution is -1.97. The van der Waals surface area contributed by atoms with Crippen molar-refractivity contribution in [2.75, 3.05) is 0 Å². The Labute approximate surface area is 124 Å². The van der Waals surface area contributed by atoms with E-state index in [1.165, 1.54) is 34.7 Å². The lowest BCUT2D eigenvalue weighted by atomic mass is 9.90. The van der Waals surface area contributed by atoms with Gasteiger partial charge in [-0.15, -0.1) is 0 Å². The Bertz CT molecular complexity index is 674. The highest BCUT2D eigenvalue weighted by molar-refractivity contribution is 6.33. The zero-order chi connectivity index (χ0) is 14.3. The van der Waals surface area contributed by atoms with Crippen LogP contribution in [-0.4, -0.2) is 0 Å². The Morgan fingerprint density at radius 2 is 1.90 bits per heavy atom. The molecule has 2 heteroatoms. The molecule has 0 aromatic heterocycles. The van der Waals surface area contributed by atoms with Gasteiger partial charge in [-0.25, -0.2) is 4.39 Å². The average molecular weight is 289 g/mol. The standard InChI is InChI=1S/C18H18ClF/c1-3-12-9-13(20)10-17(19)18(12)16-8-7-11(2)14-5-4-6-15(14)16/h7-10H,3-6H2,1-2H3. The van der Waals surface area contributed by atoms with Crippen LogP contribution in [0.2, 0.25) is 5.02 Å². The first-order valence-corrected chi connectivity index (χ1v) is 7.59. The summed E-state index contributed by atoms with van der Waals surface area (Å²) >= 11 is 6.35. The van der Waals surface area contributed by atoms with Crippen molar-refractivity contribution in [3.63, 3.8) is 0 Å². The summed E-state index contributed by atoms with van der Waals surface area (Å²) in [6, 6.07) is 7.36. The van der Waals surface area contributed by atoms with E-state index in [9.17, 15) is 4.39 Å². The topological polar surface area (TPSA) is 0 Å². The molecular weight excluding hydrogens is 271 g/mol. The first-order chi connectivity index (χ1) is 9.61. The summed E-state index contributed by atoms with van der Waals surface area (Å²) in [5.74, 6) is -0.251. The fraction of sp³-hybridized carbons (Fsp3) is 0.333. The van der Waals surface area contributed by atoms with Gasteiger partial charge in [0.25, 0.3) is 0 Å². The van der Waals surface area contributed by atoms with Gasteiger partial charge in [-0.2, -0.15) is 0 Å². The molecule has 2 aromatic carbocycles. The summed E-state index contributed by atoms with van der Waals surface area (Å²) in [6.07, 6.45) is 4.24. The van der Waals surface area contributed by atoms with Crippen LogP contribution in [0.4, 0.5) is 4.39 Å². The molecule has 0 spiro atoms. The minimum Gasteiger partial charge on any atom is -0.207 e. The first-order valence-electron chi connectivity index (χ1n) is 7.21. The van der Waals surface area contributed by atoms with Crippen LogP contribution in [-0.2, 0) is 19.3 Å². The molecule has 0 unspecified atom stereocenters. The SMILES string of the molecule is CCc1cc(F)cc(Cl)c1-c1ccc(C)c2c1CCC2. The maximum Gasteiger partial charge on any atom is 0.125 e. The molecule has 20 heavy (non-hydrogen) atoms. The molecule has 0 aliphatic heterocycles. The lowest BCUT2D eigenvalue weighted by molar-refractivity contribution is 0.626. The molecule has 104 valence electrons. The van der Waals surface area contributed by atoms with Gasteiger partial charge >= 0.3 is 0 Å². The minimum absolute atomic E-state index is 0.251. The van der Waals surface area contributed by atoms with Crippen LogP contribution in [0.3, 0.4) is 0 Å². The molecule has 0 saturated carbocycles. The van der Waals surface area contributed by atoms with Gasteiger partial charge in [0.05, 0.1) is 5.02 Å². The van der Waals surface area contributed by atoms with Gasteiger partial charge in [0.2, 0.25) is 0 Å². The monoisotopic (exact) mass is 288 g/mol. The Hall–Kier alpha value is -1.34. The zero-order valence-corrected chi connectivity index (χ0v) is 12.6. The summed E-state index contributed by atoms with van der Waals surface area (Å²) in [4.78, 5) is 0. The van der Waals surface area contributed by atoms with Crippen molar-refractivity contribution in [2.24, 2.45) is 0 Å². The Balaban J connectivity index is 2.27. The molecule has 1 aliphatic rings. The summed E-state index contributed by atoms with van der Waals surface area (Å²) < 4.78 is 13.6. The molecular formula is C18H18ClF. The van der Waals surface area contributed by atoms with Crippen molar-refractivity contribution >= 4 is 11.6 Å². The van der Waals surface area contributed by atoms with Gasteiger partial charge in [-0.1, -0.05) is 30.7 Å². The van der Waals surface area contributed by atoms with Crippen LogP contribution in [0, 0.1) is 12.7 Å². The summed E-state index contributed by atoms with van der Waals surface area (Å²) in [5, 5.41) is 0.528. The highest BCUT2D eigenvalue weighted by Crippen LogP contribution is 2.39. The normalized spacial score (nSPS) is 13.6. The van der Waals surface area contributed by atoms with E-state index < -0.39 is 0 Å². The fourth-order valence-electron chi connectivity index (χ4n) is 3.33. The molecule has 3 rings (SSSR count). The van der Waals surface area contributed by atoms with Gasteiger partial charge in [-0.05, 0) is 72.6 Å². The van der Waals surface area contributed by atoms with Crippen LogP contribution in [0.1, 0.15) is 35.6 Å². The van der Waals surface area contributed by atoms with Crippen LogP contribution in [0.5, 0.6) is 0 Å². The van der Waals surface area contributed by atoms with E-state index in [1.807, 2.05) is 6.92 Å². The average Bonchev–Trinajstić information content (AvgIpc) is 2.90. The number of fused-ring (bicyclic) bond motifs is 1. The van der Waals surface area contributed by atoms with E-state index in [-0.39, 0.29) is 5.82 Å². The molecule has 0 atom stereocenters. The van der Waals surface area contributed by atoms with Gasteiger partial charge in [-0.3, -0.25) is 0 Å². The summed E-state index contributed by atoms with van der Waals surface area (Å²) in [5.41, 5.74) is 7.45. The molecule has 0 amide bonds. The Morgan fingerprint density at radius 3 is 2.65 bits per heavy atom. The summed E-state index contributed by atoms with van der Waals surface area (Å²) in [7, 11) is 0. The largest absolute Gasteiger partial charge is 0.207 e. The van der Waals surface area contributed by atoms with Crippen molar-refractivity contribution in [1.29, 1.82) is 0 Å². The Kier molecular flexibility index (Phi) is 3.55. The highest BCUT2D eigenvalue weighted by Gasteiger charge is 2.21. The van der Waals surface area contributed by atoms with Gasteiger partial charge in [0.15, 0.2) is 0 Å². The van der Waals surface area contributed by atoms with Gasteiger partial charge in [0, 0.05) is 5.56 Å². The Morgan fingerprint density at radius 1 is 1.15 bits per heavy atom. The second kappa shape index (κ2) is 5.21. The molecule has 0 N–H and O–H groups in total. The number of aryl methyl sites for hydroxylation is 2. The van der Waals surface area contributed by atoms with Crippen LogP contribution < -0.4 is 0 Å². The number of hydrogen-bond acceptors (Lipinski definition) is 0. The van der Waals surface area contributed by atoms with E-state index >= 15 is 0 Å². The predicted molar refractivity (Wildman–Crippen MR) is 83.0 cm³/mol. The van der Waals surface area contributed by atoms with E-state index in [2.05, 4.69) is 19.1 Å². The lowest BCUT2D eigenvalue weighted by Gasteiger charge is -2.16. The molecule has 0 bridgehead atoms. The molecule has 1 aliphatic carbocycles. The number of benzene rings is 2. The third-order valence-electron chi connectivity index (χ3n) is 4.31. The smallest absolute Gasteiger partial charge is 0.125 e. The van der Waals surface area contributed by atoms with Gasteiger partial charge in [0.1, 0.15) is 5.82 Å². The predicted octanol–water partition coefficient (Wildman–Crippen LogP) is 5.51. The third kappa shape index (κ3) is 2.14. The number of hydrogen-bond donors (Lipinski definition) is 0. The van der Waals surface area contributed by atoms with Crippen LogP contribution in [0.25, 0.3) is 11.1 Å². The summed E-state index contributed by atoms with van der Waals surface area (Å²) in [6.45, 7) is 4.21. The van der Waals surface area contributed by atoms with E-state index in [0.717, 1.165) is 30.4 Å². The fourth-order valence-corrected chi connectivity index (χ4v) is 3.65. The third-order valence-corrected chi connectivity index (χ3v) is 4.60. The van der Waals surface area contributed by atoms with E-state index in [4.69, 9.17) is 11.6 Å². The maximum atomic E-state index is 13.6. The zero-order valence-electron chi connectivity index (χ0n) is 11.9. The van der Waals surface area contributed by atoms with Crippen molar-refractivity contribution in [3.05, 3.63) is 57.4 Å². The first kappa shape index (κ1) is 13.6. The van der Waals surface area contributed by atoms with Crippen LogP contribution in [0.15, 0.2) is 24.3 Å². The molecule has 0 saturated heterocycles. The van der Waals surface area contributed by atoms with E-state index in [1.54, 1.807) is 6.07 Å². The maximum absolute atomic E-state index is 13.6. The molecule has 0 nitrogen and oxygen atoms in total. The second-order valence-electron chi connectivity index (χ2n) is 5.52. The number of halogens is 2. The van der Waals surface area contributed by atoms with E-state index in [0.29, 0.717) is 5.02 Å². The van der Waals surface area contributed by atoms with Crippen molar-refractivity contribution in [2.45, 2.75) is 39.5 Å². The van der Waals surface area contributed by atoms with Gasteiger partial charge < -0.3 is 0 Å². The van der Waals surface area contributed by atoms with Crippen molar-refractivity contribution in [1.82, 2.24) is 0 Å². The van der Waals surface area contributed by atoms with Crippen LogP contribution >= 0.6 is 11.6 Å². The quantitative estimate of drug-likeness (QED) is 0.684. The minimum atomic E-state index is -0.251. The number of rotatable bonds is 2. The second-order valence-corrected chi connectivity index (χ2v) is 5.92. The molecule has 2 aromatic rings. The molecule has 0 heterocycles. The van der Waals surface area contributed by atoms with Crippen molar-refractivity contribution < 1.29 is 4.39 Å². The van der Waals surface area contributed by atoms with Crippen molar-refractivity contribution in [3.8, 4) is 11.1 Å². The highest BCUT2D eigenvalue weighted by atomic mass is 35.5.